The second-order valence-corrected chi connectivity index (χ2v) is 4.99. The van der Waals surface area contributed by atoms with E-state index in [1.165, 1.54) is 11.8 Å². The number of anilines is 1. The van der Waals surface area contributed by atoms with E-state index in [4.69, 9.17) is 11.6 Å². The number of fused-ring (bicyclic) bond motifs is 1. The summed E-state index contributed by atoms with van der Waals surface area (Å²) >= 11 is 6.06. The maximum Gasteiger partial charge on any atom is 0.299 e. The third kappa shape index (κ3) is 2.68. The summed E-state index contributed by atoms with van der Waals surface area (Å²) < 4.78 is 0. The van der Waals surface area contributed by atoms with Crippen molar-refractivity contribution < 1.29 is 14.4 Å². The van der Waals surface area contributed by atoms with Crippen molar-refractivity contribution in [2.24, 2.45) is 0 Å². The minimum Gasteiger partial charge on any atom is -0.303 e. The van der Waals surface area contributed by atoms with Gasteiger partial charge in [0.2, 0.25) is 0 Å². The molecular weight excluding hydrogens is 266 g/mol. The quantitative estimate of drug-likeness (QED) is 0.615. The van der Waals surface area contributed by atoms with Gasteiger partial charge in [0.25, 0.3) is 11.7 Å². The van der Waals surface area contributed by atoms with Gasteiger partial charge in [-0.15, -0.1) is 0 Å². The van der Waals surface area contributed by atoms with Crippen LogP contribution in [0.15, 0.2) is 18.2 Å². The highest BCUT2D eigenvalue weighted by atomic mass is 35.5. The Morgan fingerprint density at radius 1 is 1.26 bits per heavy atom. The first-order chi connectivity index (χ1) is 9.02. The predicted molar refractivity (Wildman–Crippen MR) is 72.7 cm³/mol. The van der Waals surface area contributed by atoms with Gasteiger partial charge in [0.15, 0.2) is 0 Å². The van der Waals surface area contributed by atoms with Crippen molar-refractivity contribution in [2.75, 3.05) is 11.4 Å². The molecule has 1 aliphatic heterocycles. The number of rotatable bonds is 5. The van der Waals surface area contributed by atoms with E-state index in [0.717, 1.165) is 0 Å². The van der Waals surface area contributed by atoms with Crippen molar-refractivity contribution in [3.05, 3.63) is 28.8 Å². The summed E-state index contributed by atoms with van der Waals surface area (Å²) in [5.74, 6) is -0.919. The minimum atomic E-state index is -0.536. The van der Waals surface area contributed by atoms with Crippen LogP contribution in [0.1, 0.15) is 36.5 Å². The molecule has 0 radical (unpaired) electrons. The summed E-state index contributed by atoms with van der Waals surface area (Å²) in [6.45, 7) is 1.95. The molecule has 0 saturated heterocycles. The van der Waals surface area contributed by atoms with E-state index in [-0.39, 0.29) is 5.78 Å². The highest BCUT2D eigenvalue weighted by Gasteiger charge is 2.36. The molecule has 2 rings (SSSR count). The van der Waals surface area contributed by atoms with Crippen LogP contribution >= 0.6 is 11.6 Å². The fourth-order valence-electron chi connectivity index (χ4n) is 2.17. The molecule has 5 heteroatoms. The monoisotopic (exact) mass is 279 g/mol. The Kier molecular flexibility index (Phi) is 4.00. The van der Waals surface area contributed by atoms with Crippen LogP contribution < -0.4 is 4.90 Å². The lowest BCUT2D eigenvalue weighted by Crippen LogP contribution is -2.30. The van der Waals surface area contributed by atoms with Crippen molar-refractivity contribution in [2.45, 2.75) is 26.2 Å². The summed E-state index contributed by atoms with van der Waals surface area (Å²) in [6.07, 6.45) is 1.86. The molecule has 0 aromatic heterocycles. The molecule has 0 spiro atoms. The molecule has 0 atom stereocenters. The number of carbonyl (C=O) groups excluding carboxylic acids is 3. The second-order valence-electron chi connectivity index (χ2n) is 4.58. The van der Waals surface area contributed by atoms with E-state index in [0.29, 0.717) is 42.1 Å². The molecule has 1 aromatic rings. The standard InChI is InChI=1S/C14H14ClNO3/c1-9(17)5-2-3-8-16-12-10(13(18)14(16)19)6-4-7-11(12)15/h4,6-7H,2-3,5,8H2,1H3. The molecule has 100 valence electrons. The number of hydrogen-bond donors (Lipinski definition) is 0. The molecule has 1 aromatic carbocycles. The van der Waals surface area contributed by atoms with Crippen LogP contribution in [-0.4, -0.2) is 24.0 Å². The van der Waals surface area contributed by atoms with Crippen LogP contribution in [0.25, 0.3) is 0 Å². The number of para-hydroxylation sites is 1. The van der Waals surface area contributed by atoms with Gasteiger partial charge >= 0.3 is 0 Å². The Labute approximate surface area is 116 Å². The van der Waals surface area contributed by atoms with Gasteiger partial charge in [-0.2, -0.15) is 0 Å². The number of carbonyl (C=O) groups is 3. The molecule has 19 heavy (non-hydrogen) atoms. The molecule has 0 unspecified atom stereocenters. The number of hydrogen-bond acceptors (Lipinski definition) is 3. The average Bonchev–Trinajstić information content (AvgIpc) is 2.60. The maximum absolute atomic E-state index is 11.9. The fourth-order valence-corrected chi connectivity index (χ4v) is 2.45. The van der Waals surface area contributed by atoms with Gasteiger partial charge in [-0.3, -0.25) is 9.59 Å². The minimum absolute atomic E-state index is 0.127. The number of Topliss-reactive ketones (excluding diaryl/α,β-unsaturated/α-hetero) is 2. The number of halogens is 1. The topological polar surface area (TPSA) is 54.5 Å². The van der Waals surface area contributed by atoms with Crippen LogP contribution in [0.3, 0.4) is 0 Å². The highest BCUT2D eigenvalue weighted by Crippen LogP contribution is 2.35. The lowest BCUT2D eigenvalue weighted by atomic mass is 10.1. The van der Waals surface area contributed by atoms with E-state index in [2.05, 4.69) is 0 Å². The number of benzene rings is 1. The Bertz CT molecular complexity index is 554. The van der Waals surface area contributed by atoms with E-state index in [9.17, 15) is 14.4 Å². The number of ketones is 2. The first kappa shape index (κ1) is 13.7. The van der Waals surface area contributed by atoms with Crippen LogP contribution in [-0.2, 0) is 9.59 Å². The molecule has 1 amide bonds. The number of nitrogens with zero attached hydrogens (tertiary/aromatic N) is 1. The molecule has 0 N–H and O–H groups in total. The van der Waals surface area contributed by atoms with Crippen molar-refractivity contribution in [1.82, 2.24) is 0 Å². The van der Waals surface area contributed by atoms with Gasteiger partial charge in [0.1, 0.15) is 5.78 Å². The Morgan fingerprint density at radius 3 is 2.68 bits per heavy atom. The van der Waals surface area contributed by atoms with Gasteiger partial charge in [0.05, 0.1) is 16.3 Å². The van der Waals surface area contributed by atoms with Crippen molar-refractivity contribution in [3.8, 4) is 0 Å². The molecule has 1 aliphatic rings. The smallest absolute Gasteiger partial charge is 0.299 e. The van der Waals surface area contributed by atoms with E-state index in [1.54, 1.807) is 18.2 Å². The molecule has 0 bridgehead atoms. The van der Waals surface area contributed by atoms with E-state index >= 15 is 0 Å². The van der Waals surface area contributed by atoms with Crippen LogP contribution in [0.2, 0.25) is 5.02 Å². The van der Waals surface area contributed by atoms with Crippen LogP contribution in [0.5, 0.6) is 0 Å². The first-order valence-electron chi connectivity index (χ1n) is 6.16. The summed E-state index contributed by atoms with van der Waals surface area (Å²) in [5, 5.41) is 0.406. The maximum atomic E-state index is 11.9. The Balaban J connectivity index is 2.12. The molecule has 1 heterocycles. The van der Waals surface area contributed by atoms with Crippen LogP contribution in [0.4, 0.5) is 5.69 Å². The largest absolute Gasteiger partial charge is 0.303 e. The van der Waals surface area contributed by atoms with Crippen LogP contribution in [0, 0.1) is 0 Å². The van der Waals surface area contributed by atoms with Gasteiger partial charge < -0.3 is 9.69 Å². The van der Waals surface area contributed by atoms with E-state index in [1.807, 2.05) is 0 Å². The van der Waals surface area contributed by atoms with Crippen molar-refractivity contribution in [1.29, 1.82) is 0 Å². The highest BCUT2D eigenvalue weighted by molar-refractivity contribution is 6.54. The molecule has 4 nitrogen and oxygen atoms in total. The zero-order valence-corrected chi connectivity index (χ0v) is 11.4. The number of unbranched alkanes of at least 4 members (excludes halogenated alkanes) is 1. The normalized spacial score (nSPS) is 13.9. The predicted octanol–water partition coefficient (Wildman–Crippen LogP) is 2.63. The van der Waals surface area contributed by atoms with Crippen molar-refractivity contribution >= 4 is 34.8 Å². The summed E-state index contributed by atoms with van der Waals surface area (Å²) in [5.41, 5.74) is 0.867. The van der Waals surface area contributed by atoms with Gasteiger partial charge in [-0.25, -0.2) is 0 Å². The zero-order valence-electron chi connectivity index (χ0n) is 10.6. The van der Waals surface area contributed by atoms with Crippen molar-refractivity contribution in [3.63, 3.8) is 0 Å². The fraction of sp³-hybridized carbons (Fsp3) is 0.357. The second kappa shape index (κ2) is 5.53. The lowest BCUT2D eigenvalue weighted by molar-refractivity contribution is -0.117. The molecule has 0 fully saturated rings. The average molecular weight is 280 g/mol. The zero-order chi connectivity index (χ0) is 14.0. The SMILES string of the molecule is CC(=O)CCCCN1C(=O)C(=O)c2cccc(Cl)c21. The Hall–Kier alpha value is -1.68. The summed E-state index contributed by atoms with van der Waals surface area (Å²) in [4.78, 5) is 36.0. The number of amides is 1. The summed E-state index contributed by atoms with van der Waals surface area (Å²) in [6, 6.07) is 4.93. The lowest BCUT2D eigenvalue weighted by Gasteiger charge is -2.17. The van der Waals surface area contributed by atoms with Gasteiger partial charge in [0, 0.05) is 13.0 Å². The van der Waals surface area contributed by atoms with E-state index < -0.39 is 11.7 Å². The third-order valence-corrected chi connectivity index (χ3v) is 3.41. The molecular formula is C14H14ClNO3. The first-order valence-corrected chi connectivity index (χ1v) is 6.54. The van der Waals surface area contributed by atoms with Gasteiger partial charge in [-0.05, 0) is 31.9 Å². The molecule has 0 saturated carbocycles. The summed E-state index contributed by atoms with van der Waals surface area (Å²) in [7, 11) is 0. The Morgan fingerprint density at radius 2 is 2.00 bits per heavy atom. The third-order valence-electron chi connectivity index (χ3n) is 3.10. The molecule has 0 aliphatic carbocycles. The van der Waals surface area contributed by atoms with Gasteiger partial charge in [-0.1, -0.05) is 17.7 Å².